The molecule has 0 aliphatic heterocycles. The van der Waals surface area contributed by atoms with Crippen LogP contribution in [0.25, 0.3) is 66.4 Å². The molecule has 0 N–H and O–H groups in total. The minimum Gasteiger partial charge on any atom is -0.0620 e. The van der Waals surface area contributed by atoms with Crippen molar-refractivity contribution in [2.75, 3.05) is 0 Å². The van der Waals surface area contributed by atoms with Crippen LogP contribution < -0.4 is 0 Å². The highest BCUT2D eigenvalue weighted by Gasteiger charge is 2.37. The van der Waals surface area contributed by atoms with Crippen LogP contribution in [0.4, 0.5) is 0 Å². The first-order valence-corrected chi connectivity index (χ1v) is 29.5. The van der Waals surface area contributed by atoms with E-state index in [2.05, 4.69) is 295 Å². The molecule has 0 bridgehead atoms. The Kier molecular flexibility index (Phi) is 15.5. The average Bonchev–Trinajstić information content (AvgIpc) is 3.83. The molecule has 0 fully saturated rings. The molecule has 1 unspecified atom stereocenters. The zero-order valence-electron chi connectivity index (χ0n) is 49.7. The largest absolute Gasteiger partial charge is 0.0620 e. The molecule has 11 aromatic carbocycles. The minimum absolute atomic E-state index is 0.0888. The molecule has 3 aliphatic carbocycles. The molecule has 1 atom stereocenters. The third kappa shape index (κ3) is 10.5. The lowest BCUT2D eigenvalue weighted by Crippen LogP contribution is -2.15. The third-order valence-electron chi connectivity index (χ3n) is 18.3. The summed E-state index contributed by atoms with van der Waals surface area (Å²) in [5, 5.41) is 2.77. The standard InChI is InChI=1S/C29H24.C21H20.C16H18.C15H16/c1-19-16-28-20(9-7-15-27(28)25-13-5-4-11-23(19)25)17-21-10-6-14-26-24-12-3-2-8-22(24)18-29(21)26;1-13-9-10-17-18(11-13)21(3,4)19-12-14(2)15-7-5-6-8-16(15)20(17)19;1-4-14-9-5-6-10-16(14)15-11-7-8-12(2)13(15)3;1-11-8-6-10-15(13(11)3)14-9-5-4-7-12(14)2/h2-15,19H,16-18H2,1H3;5-12H,1-4H3;5-11H,4H2,1-3H3;4-10H,1-3H3. The first-order valence-electron chi connectivity index (χ1n) is 29.5. The molecular weight excluding hydrogens is 973 g/mol. The summed E-state index contributed by atoms with van der Waals surface area (Å²) in [4.78, 5) is 0. The van der Waals surface area contributed by atoms with Gasteiger partial charge in [0.1, 0.15) is 0 Å². The molecule has 14 rings (SSSR count). The lowest BCUT2D eigenvalue weighted by Gasteiger charge is -2.27. The van der Waals surface area contributed by atoms with Gasteiger partial charge in [-0.1, -0.05) is 252 Å². The van der Waals surface area contributed by atoms with Crippen LogP contribution in [0.5, 0.6) is 0 Å². The Morgan fingerprint density at radius 1 is 0.383 bits per heavy atom. The quantitative estimate of drug-likeness (QED) is 0.161. The lowest BCUT2D eigenvalue weighted by atomic mass is 9.77. The third-order valence-corrected chi connectivity index (χ3v) is 18.3. The number of hydrogen-bond donors (Lipinski definition) is 0. The predicted octanol–water partition coefficient (Wildman–Crippen LogP) is 21.7. The second-order valence-electron chi connectivity index (χ2n) is 23.7. The van der Waals surface area contributed by atoms with Crippen LogP contribution in [-0.4, -0.2) is 0 Å². The molecule has 0 heterocycles. The number of benzene rings is 11. The topological polar surface area (TPSA) is 0 Å². The summed E-state index contributed by atoms with van der Waals surface area (Å²) in [6, 6.07) is 80.0. The normalized spacial score (nSPS) is 13.6. The second kappa shape index (κ2) is 23.0. The number of hydrogen-bond acceptors (Lipinski definition) is 0. The van der Waals surface area contributed by atoms with Crippen LogP contribution in [0.2, 0.25) is 0 Å². The molecule has 0 nitrogen and oxygen atoms in total. The Labute approximate surface area is 484 Å². The summed E-state index contributed by atoms with van der Waals surface area (Å²) >= 11 is 0. The van der Waals surface area contributed by atoms with Gasteiger partial charge in [-0.05, 0) is 230 Å². The van der Waals surface area contributed by atoms with E-state index in [0.29, 0.717) is 5.92 Å². The maximum Gasteiger partial charge on any atom is 0.0159 e. The van der Waals surface area contributed by atoms with Crippen molar-refractivity contribution in [2.45, 2.75) is 113 Å². The van der Waals surface area contributed by atoms with Crippen LogP contribution in [0, 0.1) is 48.5 Å². The van der Waals surface area contributed by atoms with Crippen LogP contribution in [0.3, 0.4) is 0 Å². The zero-order chi connectivity index (χ0) is 56.5. The van der Waals surface area contributed by atoms with Crippen LogP contribution >= 0.6 is 0 Å². The van der Waals surface area contributed by atoms with Crippen molar-refractivity contribution in [1.82, 2.24) is 0 Å². The maximum atomic E-state index is 2.40. The fraction of sp³-hybridized carbons (Fsp3) is 0.210. The van der Waals surface area contributed by atoms with E-state index in [0.717, 1.165) is 25.7 Å². The maximum absolute atomic E-state index is 2.40. The van der Waals surface area contributed by atoms with Gasteiger partial charge < -0.3 is 0 Å². The van der Waals surface area contributed by atoms with Gasteiger partial charge in [0.2, 0.25) is 0 Å². The summed E-state index contributed by atoms with van der Waals surface area (Å²) in [7, 11) is 0. The molecule has 0 heteroatoms. The minimum atomic E-state index is 0.0888. The Morgan fingerprint density at radius 3 is 1.58 bits per heavy atom. The highest BCUT2D eigenvalue weighted by molar-refractivity contribution is 6.04. The van der Waals surface area contributed by atoms with Crippen LogP contribution in [0.15, 0.2) is 218 Å². The van der Waals surface area contributed by atoms with Crippen molar-refractivity contribution in [1.29, 1.82) is 0 Å². The highest BCUT2D eigenvalue weighted by atomic mass is 14.4. The van der Waals surface area contributed by atoms with Gasteiger partial charge in [0.05, 0.1) is 0 Å². The molecule has 11 aromatic rings. The van der Waals surface area contributed by atoms with Crippen molar-refractivity contribution in [2.24, 2.45) is 0 Å². The molecule has 0 saturated heterocycles. The van der Waals surface area contributed by atoms with Gasteiger partial charge >= 0.3 is 0 Å². The van der Waals surface area contributed by atoms with Crippen molar-refractivity contribution < 1.29 is 0 Å². The zero-order valence-corrected chi connectivity index (χ0v) is 49.7. The van der Waals surface area contributed by atoms with Gasteiger partial charge in [0.25, 0.3) is 0 Å². The van der Waals surface area contributed by atoms with E-state index >= 15 is 0 Å². The Balaban J connectivity index is 0.000000118. The van der Waals surface area contributed by atoms with Crippen molar-refractivity contribution in [3.8, 4) is 55.6 Å². The number of rotatable bonds is 5. The molecule has 81 heavy (non-hydrogen) atoms. The van der Waals surface area contributed by atoms with E-state index in [4.69, 9.17) is 0 Å². The molecule has 0 saturated carbocycles. The molecule has 0 amide bonds. The van der Waals surface area contributed by atoms with Crippen molar-refractivity contribution >= 4 is 10.8 Å². The Morgan fingerprint density at radius 2 is 0.889 bits per heavy atom. The van der Waals surface area contributed by atoms with Crippen molar-refractivity contribution in [3.63, 3.8) is 0 Å². The van der Waals surface area contributed by atoms with Crippen LogP contribution in [0.1, 0.15) is 123 Å². The Hall–Kier alpha value is -8.32. The van der Waals surface area contributed by atoms with Gasteiger partial charge in [-0.25, -0.2) is 0 Å². The van der Waals surface area contributed by atoms with Gasteiger partial charge in [-0.15, -0.1) is 0 Å². The van der Waals surface area contributed by atoms with E-state index in [1.165, 1.54) is 150 Å². The SMILES string of the molecule is CC1Cc2c(Cc3cccc4c3Cc3ccccc3-4)cccc2-c2ccccc21.CCc1ccccc1-c1cccc(C)c1C.Cc1ccc2c(c1)C(C)(C)c1cc(C)c3ccccc3c1-2.Cc1ccccc1-c1cccc(C)c1C. The molecular formula is C81H78. The predicted molar refractivity (Wildman–Crippen MR) is 349 cm³/mol. The lowest BCUT2D eigenvalue weighted by molar-refractivity contribution is 0.659. The molecule has 3 aliphatic rings. The van der Waals surface area contributed by atoms with E-state index in [1.807, 2.05) is 0 Å². The number of aryl methyl sites for hydroxylation is 6. The second-order valence-corrected chi connectivity index (χ2v) is 23.7. The molecule has 0 radical (unpaired) electrons. The molecule has 0 aromatic heterocycles. The number of fused-ring (bicyclic) bond motifs is 11. The smallest absolute Gasteiger partial charge is 0.0159 e. The summed E-state index contributed by atoms with van der Waals surface area (Å²) < 4.78 is 0. The Bertz CT molecular complexity index is 4140. The average molecular weight is 1050 g/mol. The van der Waals surface area contributed by atoms with E-state index in [1.54, 1.807) is 5.56 Å². The van der Waals surface area contributed by atoms with Gasteiger partial charge in [0, 0.05) is 5.41 Å². The van der Waals surface area contributed by atoms with E-state index < -0.39 is 0 Å². The fourth-order valence-electron chi connectivity index (χ4n) is 13.4. The molecule has 402 valence electrons. The first kappa shape index (κ1) is 54.6. The highest BCUT2D eigenvalue weighted by Crippen LogP contribution is 2.52. The van der Waals surface area contributed by atoms with Crippen molar-refractivity contribution in [3.05, 3.63) is 307 Å². The summed E-state index contributed by atoms with van der Waals surface area (Å²) in [5.41, 5.74) is 37.0. The monoisotopic (exact) mass is 1050 g/mol. The summed E-state index contributed by atoms with van der Waals surface area (Å²) in [6.07, 6.45) is 4.31. The van der Waals surface area contributed by atoms with Gasteiger partial charge in [0.15, 0.2) is 0 Å². The summed E-state index contributed by atoms with van der Waals surface area (Å²) in [6.45, 7) is 24.6. The van der Waals surface area contributed by atoms with Gasteiger partial charge in [-0.2, -0.15) is 0 Å². The fourth-order valence-corrected chi connectivity index (χ4v) is 13.4. The first-order chi connectivity index (χ1) is 39.2. The van der Waals surface area contributed by atoms with Crippen LogP contribution in [-0.2, 0) is 31.1 Å². The summed E-state index contributed by atoms with van der Waals surface area (Å²) in [5.74, 6) is 0.575. The van der Waals surface area contributed by atoms with E-state index in [9.17, 15) is 0 Å². The van der Waals surface area contributed by atoms with Gasteiger partial charge in [-0.3, -0.25) is 0 Å². The molecule has 0 spiro atoms. The van der Waals surface area contributed by atoms with E-state index in [-0.39, 0.29) is 5.41 Å².